The first-order valence-corrected chi connectivity index (χ1v) is 8.59. The Morgan fingerprint density at radius 3 is 2.54 bits per heavy atom. The Bertz CT molecular complexity index is 890. The molecule has 1 saturated heterocycles. The van der Waals surface area contributed by atoms with Gasteiger partial charge in [-0.3, -0.25) is 4.79 Å². The number of amides is 1. The Hall–Kier alpha value is -3.09. The summed E-state index contributed by atoms with van der Waals surface area (Å²) >= 11 is 0. The molecule has 1 aromatic heterocycles. The highest BCUT2D eigenvalue weighted by Gasteiger charge is 2.26. The molecule has 0 saturated carbocycles. The first-order chi connectivity index (χ1) is 12.7. The van der Waals surface area contributed by atoms with E-state index in [4.69, 9.17) is 0 Å². The molecule has 26 heavy (non-hydrogen) atoms. The zero-order chi connectivity index (χ0) is 17.9. The van der Waals surface area contributed by atoms with Crippen LogP contribution in [0.15, 0.2) is 54.9 Å². The van der Waals surface area contributed by atoms with Crippen molar-refractivity contribution in [2.75, 3.05) is 13.1 Å². The average molecular weight is 351 g/mol. The van der Waals surface area contributed by atoms with Gasteiger partial charge in [-0.15, -0.1) is 5.10 Å². The molecule has 0 radical (unpaired) electrons. The van der Waals surface area contributed by atoms with Crippen molar-refractivity contribution in [3.05, 3.63) is 71.8 Å². The summed E-state index contributed by atoms with van der Waals surface area (Å²) in [7, 11) is 0. The molecule has 7 heteroatoms. The Kier molecular flexibility index (Phi) is 4.43. The van der Waals surface area contributed by atoms with Crippen molar-refractivity contribution in [1.82, 2.24) is 25.1 Å². The van der Waals surface area contributed by atoms with Gasteiger partial charge >= 0.3 is 0 Å². The molecule has 132 valence electrons. The van der Waals surface area contributed by atoms with Crippen LogP contribution in [0.2, 0.25) is 0 Å². The van der Waals surface area contributed by atoms with Gasteiger partial charge in [0.25, 0.3) is 5.91 Å². The smallest absolute Gasteiger partial charge is 0.256 e. The average Bonchev–Trinajstić information content (AvgIpc) is 3.23. The maximum atomic E-state index is 14.2. The first-order valence-electron chi connectivity index (χ1n) is 8.59. The number of halogens is 1. The molecule has 0 aliphatic carbocycles. The predicted octanol–water partition coefficient (Wildman–Crippen LogP) is 2.82. The standard InChI is InChI=1S/C19H18FN5O/c20-18-7-6-16(25-13-21-22-23-25)12-17(18)19(26)24-10-8-15(9-11-24)14-4-2-1-3-5-14/h1-7,12-13,15H,8-11H2. The normalized spacial score (nSPS) is 15.2. The van der Waals surface area contributed by atoms with E-state index in [-0.39, 0.29) is 11.5 Å². The molecular formula is C19H18FN5O. The van der Waals surface area contributed by atoms with Gasteiger partial charge in [0.2, 0.25) is 0 Å². The lowest BCUT2D eigenvalue weighted by Crippen LogP contribution is -2.38. The minimum atomic E-state index is -0.531. The Morgan fingerprint density at radius 1 is 1.08 bits per heavy atom. The third kappa shape index (κ3) is 3.20. The minimum Gasteiger partial charge on any atom is -0.339 e. The van der Waals surface area contributed by atoms with Crippen LogP contribution in [-0.4, -0.2) is 44.1 Å². The van der Waals surface area contributed by atoms with Crippen molar-refractivity contribution < 1.29 is 9.18 Å². The molecular weight excluding hydrogens is 333 g/mol. The van der Waals surface area contributed by atoms with Gasteiger partial charge in [0, 0.05) is 13.1 Å². The molecule has 0 unspecified atom stereocenters. The molecule has 0 bridgehead atoms. The summed E-state index contributed by atoms with van der Waals surface area (Å²) in [6.45, 7) is 1.24. The lowest BCUT2D eigenvalue weighted by atomic mass is 9.89. The van der Waals surface area contributed by atoms with Crippen LogP contribution < -0.4 is 0 Å². The van der Waals surface area contributed by atoms with Crippen LogP contribution in [-0.2, 0) is 0 Å². The van der Waals surface area contributed by atoms with Gasteiger partial charge in [-0.25, -0.2) is 9.07 Å². The topological polar surface area (TPSA) is 63.9 Å². The van der Waals surface area contributed by atoms with Gasteiger partial charge in [-0.2, -0.15) is 0 Å². The summed E-state index contributed by atoms with van der Waals surface area (Å²) in [6, 6.07) is 14.6. The second-order valence-corrected chi connectivity index (χ2v) is 6.40. The third-order valence-electron chi connectivity index (χ3n) is 4.85. The van der Waals surface area contributed by atoms with Crippen LogP contribution in [0.1, 0.15) is 34.7 Å². The van der Waals surface area contributed by atoms with E-state index in [9.17, 15) is 9.18 Å². The molecule has 0 spiro atoms. The number of likely N-dealkylation sites (tertiary alicyclic amines) is 1. The third-order valence-corrected chi connectivity index (χ3v) is 4.85. The van der Waals surface area contributed by atoms with E-state index in [1.165, 1.54) is 28.7 Å². The van der Waals surface area contributed by atoms with E-state index in [2.05, 4.69) is 27.7 Å². The number of carbonyl (C=O) groups excluding carboxylic acids is 1. The molecule has 6 nitrogen and oxygen atoms in total. The highest BCUT2D eigenvalue weighted by atomic mass is 19.1. The summed E-state index contributed by atoms with van der Waals surface area (Å²) in [6.07, 6.45) is 3.17. The van der Waals surface area contributed by atoms with Crippen molar-refractivity contribution in [2.45, 2.75) is 18.8 Å². The van der Waals surface area contributed by atoms with Gasteiger partial charge in [0.15, 0.2) is 0 Å². The SMILES string of the molecule is O=C(c1cc(-n2cnnn2)ccc1F)N1CCC(c2ccccc2)CC1. The quantitative estimate of drug-likeness (QED) is 0.728. The summed E-state index contributed by atoms with van der Waals surface area (Å²) in [5.41, 5.74) is 1.90. The number of carbonyl (C=O) groups is 1. The number of piperidine rings is 1. The van der Waals surface area contributed by atoms with Crippen LogP contribution in [0.3, 0.4) is 0 Å². The van der Waals surface area contributed by atoms with Crippen molar-refractivity contribution in [2.24, 2.45) is 0 Å². The minimum absolute atomic E-state index is 0.0520. The molecule has 1 aliphatic heterocycles. The van der Waals surface area contributed by atoms with E-state index in [1.807, 2.05) is 18.2 Å². The predicted molar refractivity (Wildman–Crippen MR) is 93.4 cm³/mol. The molecule has 1 aliphatic rings. The zero-order valence-electron chi connectivity index (χ0n) is 14.1. The molecule has 3 aromatic rings. The van der Waals surface area contributed by atoms with Crippen LogP contribution >= 0.6 is 0 Å². The monoisotopic (exact) mass is 351 g/mol. The number of rotatable bonds is 3. The van der Waals surface area contributed by atoms with Crippen molar-refractivity contribution >= 4 is 5.91 Å². The molecule has 0 atom stereocenters. The highest BCUT2D eigenvalue weighted by molar-refractivity contribution is 5.95. The molecule has 1 fully saturated rings. The maximum Gasteiger partial charge on any atom is 0.256 e. The second-order valence-electron chi connectivity index (χ2n) is 6.40. The number of tetrazole rings is 1. The number of hydrogen-bond donors (Lipinski definition) is 0. The molecule has 0 N–H and O–H groups in total. The van der Waals surface area contributed by atoms with E-state index in [0.29, 0.717) is 24.7 Å². The summed E-state index contributed by atoms with van der Waals surface area (Å²) in [5, 5.41) is 10.9. The number of aromatic nitrogens is 4. The van der Waals surface area contributed by atoms with Crippen LogP contribution in [0.25, 0.3) is 5.69 Å². The first kappa shape index (κ1) is 16.4. The van der Waals surface area contributed by atoms with Gasteiger partial charge in [-0.05, 0) is 52.9 Å². The van der Waals surface area contributed by atoms with Gasteiger partial charge in [-0.1, -0.05) is 30.3 Å². The van der Waals surface area contributed by atoms with E-state index >= 15 is 0 Å². The van der Waals surface area contributed by atoms with Crippen LogP contribution in [0.4, 0.5) is 4.39 Å². The fourth-order valence-corrected chi connectivity index (χ4v) is 3.41. The zero-order valence-corrected chi connectivity index (χ0v) is 14.1. The van der Waals surface area contributed by atoms with Crippen molar-refractivity contribution in [3.63, 3.8) is 0 Å². The lowest BCUT2D eigenvalue weighted by molar-refractivity contribution is 0.0708. The summed E-state index contributed by atoms with van der Waals surface area (Å²) in [4.78, 5) is 14.5. The van der Waals surface area contributed by atoms with Crippen LogP contribution in [0, 0.1) is 5.82 Å². The molecule has 1 amide bonds. The summed E-state index contributed by atoms with van der Waals surface area (Å²) in [5.74, 6) is -0.376. The molecule has 2 aromatic carbocycles. The fourth-order valence-electron chi connectivity index (χ4n) is 3.41. The Balaban J connectivity index is 1.49. The largest absolute Gasteiger partial charge is 0.339 e. The fraction of sp³-hybridized carbons (Fsp3) is 0.263. The van der Waals surface area contributed by atoms with Gasteiger partial charge in [0.1, 0.15) is 12.1 Å². The number of benzene rings is 2. The molecule has 4 rings (SSSR count). The van der Waals surface area contributed by atoms with E-state index < -0.39 is 5.82 Å². The highest BCUT2D eigenvalue weighted by Crippen LogP contribution is 2.28. The number of nitrogens with zero attached hydrogens (tertiary/aromatic N) is 5. The summed E-state index contributed by atoms with van der Waals surface area (Å²) < 4.78 is 15.7. The molecule has 2 heterocycles. The maximum absolute atomic E-state index is 14.2. The number of hydrogen-bond acceptors (Lipinski definition) is 4. The Labute approximate surface area is 150 Å². The van der Waals surface area contributed by atoms with Gasteiger partial charge in [0.05, 0.1) is 11.3 Å². The van der Waals surface area contributed by atoms with Crippen LogP contribution in [0.5, 0.6) is 0 Å². The Morgan fingerprint density at radius 2 is 1.85 bits per heavy atom. The van der Waals surface area contributed by atoms with E-state index in [0.717, 1.165) is 12.8 Å². The van der Waals surface area contributed by atoms with Gasteiger partial charge < -0.3 is 4.90 Å². The van der Waals surface area contributed by atoms with E-state index in [1.54, 1.807) is 11.0 Å². The van der Waals surface area contributed by atoms with Crippen molar-refractivity contribution in [3.8, 4) is 5.69 Å². The van der Waals surface area contributed by atoms with Crippen molar-refractivity contribution in [1.29, 1.82) is 0 Å². The lowest BCUT2D eigenvalue weighted by Gasteiger charge is -2.32. The second kappa shape index (κ2) is 7.03.